The van der Waals surface area contributed by atoms with E-state index in [0.717, 1.165) is 18.9 Å². The van der Waals surface area contributed by atoms with E-state index in [9.17, 15) is 27.3 Å². The third kappa shape index (κ3) is 3.49. The van der Waals surface area contributed by atoms with Crippen molar-refractivity contribution >= 4 is 32.3 Å². The van der Waals surface area contributed by atoms with E-state index in [1.807, 2.05) is 12.1 Å². The van der Waals surface area contributed by atoms with Crippen LogP contribution in [0.15, 0.2) is 51.8 Å². The van der Waals surface area contributed by atoms with Crippen LogP contribution in [-0.4, -0.2) is 30.6 Å². The van der Waals surface area contributed by atoms with Crippen molar-refractivity contribution < 1.29 is 26.5 Å². The van der Waals surface area contributed by atoms with Crippen LogP contribution in [0.25, 0.3) is 11.1 Å². The summed E-state index contributed by atoms with van der Waals surface area (Å²) < 4.78 is 55.2. The van der Waals surface area contributed by atoms with E-state index in [4.69, 9.17) is 4.42 Å². The van der Waals surface area contributed by atoms with Crippen LogP contribution in [0.5, 0.6) is 0 Å². The van der Waals surface area contributed by atoms with Gasteiger partial charge in [0.1, 0.15) is 17.2 Å². The SMILES string of the molecule is O=[N+]([O-])c1cc(S(=O)(=O)C(F)F)ccc1N1CCCC[C@H]1c1nc2ccccc2o1. The molecular formula is C19H17F2N3O5S. The van der Waals surface area contributed by atoms with Crippen LogP contribution in [0, 0.1) is 10.1 Å². The van der Waals surface area contributed by atoms with Gasteiger partial charge in [0, 0.05) is 12.6 Å². The van der Waals surface area contributed by atoms with Gasteiger partial charge in [-0.3, -0.25) is 10.1 Å². The van der Waals surface area contributed by atoms with Gasteiger partial charge in [0.05, 0.1) is 9.82 Å². The van der Waals surface area contributed by atoms with Gasteiger partial charge in [-0.15, -0.1) is 0 Å². The largest absolute Gasteiger partial charge is 0.438 e. The molecule has 0 spiro atoms. The number of para-hydroxylation sites is 2. The Morgan fingerprint density at radius 3 is 2.67 bits per heavy atom. The van der Waals surface area contributed by atoms with Crippen LogP contribution in [-0.2, 0) is 9.84 Å². The van der Waals surface area contributed by atoms with E-state index in [1.54, 1.807) is 17.0 Å². The minimum Gasteiger partial charge on any atom is -0.438 e. The minimum absolute atomic E-state index is 0.139. The molecule has 1 saturated heterocycles. The molecule has 0 unspecified atom stereocenters. The summed E-state index contributed by atoms with van der Waals surface area (Å²) in [5.41, 5.74) is 0.830. The number of anilines is 1. The number of piperidine rings is 1. The van der Waals surface area contributed by atoms with Crippen molar-refractivity contribution in [2.45, 2.75) is 36.0 Å². The lowest BCUT2D eigenvalue weighted by atomic mass is 10.0. The Bertz CT molecular complexity index is 1180. The monoisotopic (exact) mass is 437 g/mol. The predicted octanol–water partition coefficient (Wildman–Crippen LogP) is 4.46. The van der Waals surface area contributed by atoms with Crippen molar-refractivity contribution in [1.29, 1.82) is 0 Å². The summed E-state index contributed by atoms with van der Waals surface area (Å²) in [6.07, 6.45) is 2.23. The molecule has 1 aliphatic heterocycles. The van der Waals surface area contributed by atoms with Crippen molar-refractivity contribution in [1.82, 2.24) is 4.98 Å². The molecule has 0 bridgehead atoms. The molecule has 8 nitrogen and oxygen atoms in total. The number of aromatic nitrogens is 1. The summed E-state index contributed by atoms with van der Waals surface area (Å²) in [5, 5.41) is 11.7. The maximum Gasteiger partial charge on any atom is 0.341 e. The Labute approximate surface area is 170 Å². The Balaban J connectivity index is 1.79. The van der Waals surface area contributed by atoms with E-state index in [1.165, 1.54) is 6.07 Å². The Hall–Kier alpha value is -3.08. The lowest BCUT2D eigenvalue weighted by Crippen LogP contribution is -2.34. The second-order valence-corrected chi connectivity index (χ2v) is 8.86. The van der Waals surface area contributed by atoms with Gasteiger partial charge in [0.2, 0.25) is 15.7 Å². The highest BCUT2D eigenvalue weighted by Crippen LogP contribution is 2.41. The molecule has 3 aromatic rings. The quantitative estimate of drug-likeness (QED) is 0.428. The maximum atomic E-state index is 12.9. The number of hydrogen-bond donors (Lipinski definition) is 0. The standard InChI is InChI=1S/C19H17F2N3O5S/c20-19(21)30(27,28)12-8-9-14(16(11-12)24(25)26)23-10-4-3-6-15(23)18-22-13-5-1-2-7-17(13)29-18/h1-2,5,7-9,11,15,19H,3-4,6,10H2/t15-/m0/s1. The molecule has 1 aliphatic rings. The lowest BCUT2D eigenvalue weighted by molar-refractivity contribution is -0.384. The fourth-order valence-corrected chi connectivity index (χ4v) is 4.42. The molecule has 30 heavy (non-hydrogen) atoms. The van der Waals surface area contributed by atoms with Crippen LogP contribution < -0.4 is 4.90 Å². The number of halogens is 2. The topological polar surface area (TPSA) is 107 Å². The number of oxazole rings is 1. The van der Waals surface area contributed by atoms with Crippen LogP contribution in [0.4, 0.5) is 20.2 Å². The van der Waals surface area contributed by atoms with Gasteiger partial charge in [0.15, 0.2) is 5.58 Å². The van der Waals surface area contributed by atoms with E-state index < -0.39 is 37.1 Å². The molecule has 0 radical (unpaired) electrons. The molecule has 1 aromatic heterocycles. The molecular weight excluding hydrogens is 420 g/mol. The van der Waals surface area contributed by atoms with Crippen LogP contribution >= 0.6 is 0 Å². The van der Waals surface area contributed by atoms with Crippen LogP contribution in [0.3, 0.4) is 0 Å². The van der Waals surface area contributed by atoms with Crippen molar-refractivity contribution in [3.63, 3.8) is 0 Å². The van der Waals surface area contributed by atoms with E-state index in [-0.39, 0.29) is 5.69 Å². The first kappa shape index (κ1) is 20.2. The highest BCUT2D eigenvalue weighted by molar-refractivity contribution is 7.91. The Kier molecular flexibility index (Phi) is 5.14. The van der Waals surface area contributed by atoms with Gasteiger partial charge in [-0.2, -0.15) is 8.78 Å². The summed E-state index contributed by atoms with van der Waals surface area (Å²) >= 11 is 0. The number of rotatable bonds is 5. The summed E-state index contributed by atoms with van der Waals surface area (Å²) in [4.78, 5) is 16.3. The number of hydrogen-bond acceptors (Lipinski definition) is 7. The second-order valence-electron chi connectivity index (χ2n) is 6.94. The van der Waals surface area contributed by atoms with Gasteiger partial charge in [0.25, 0.3) is 5.69 Å². The Morgan fingerprint density at radius 2 is 1.97 bits per heavy atom. The first-order chi connectivity index (χ1) is 14.3. The van der Waals surface area contributed by atoms with Crippen LogP contribution in [0.1, 0.15) is 31.2 Å². The molecule has 0 aliphatic carbocycles. The highest BCUT2D eigenvalue weighted by Gasteiger charge is 2.35. The Morgan fingerprint density at radius 1 is 1.20 bits per heavy atom. The van der Waals surface area contributed by atoms with E-state index in [0.29, 0.717) is 36.0 Å². The average molecular weight is 437 g/mol. The fourth-order valence-electron chi connectivity index (χ4n) is 3.68. The van der Waals surface area contributed by atoms with Crippen molar-refractivity contribution in [3.8, 4) is 0 Å². The van der Waals surface area contributed by atoms with Gasteiger partial charge in [-0.1, -0.05) is 12.1 Å². The zero-order chi connectivity index (χ0) is 21.5. The minimum atomic E-state index is -4.95. The summed E-state index contributed by atoms with van der Waals surface area (Å²) in [6.45, 7) is 0.450. The van der Waals surface area contributed by atoms with Crippen LogP contribution in [0.2, 0.25) is 0 Å². The zero-order valence-corrected chi connectivity index (χ0v) is 16.4. The average Bonchev–Trinajstić information content (AvgIpc) is 3.17. The second kappa shape index (κ2) is 7.63. The lowest BCUT2D eigenvalue weighted by Gasteiger charge is -2.35. The number of nitrogens with zero attached hydrogens (tertiary/aromatic N) is 3. The van der Waals surface area contributed by atoms with E-state index >= 15 is 0 Å². The highest BCUT2D eigenvalue weighted by atomic mass is 32.2. The smallest absolute Gasteiger partial charge is 0.341 e. The summed E-state index contributed by atoms with van der Waals surface area (Å²) in [5.74, 6) is -3.26. The first-order valence-electron chi connectivity index (χ1n) is 9.21. The van der Waals surface area contributed by atoms with Gasteiger partial charge >= 0.3 is 5.76 Å². The molecule has 0 N–H and O–H groups in total. The number of benzene rings is 2. The fraction of sp³-hybridized carbons (Fsp3) is 0.316. The van der Waals surface area contributed by atoms with Crippen molar-refractivity contribution in [3.05, 3.63) is 58.5 Å². The molecule has 0 saturated carbocycles. The molecule has 1 atom stereocenters. The molecule has 0 amide bonds. The third-order valence-electron chi connectivity index (χ3n) is 5.11. The molecule has 2 aromatic carbocycles. The summed E-state index contributed by atoms with van der Waals surface area (Å²) in [6, 6.07) is 9.66. The number of nitro benzene ring substituents is 1. The predicted molar refractivity (Wildman–Crippen MR) is 104 cm³/mol. The number of fused-ring (bicyclic) bond motifs is 1. The van der Waals surface area contributed by atoms with Gasteiger partial charge in [-0.25, -0.2) is 13.4 Å². The normalized spacial score (nSPS) is 17.6. The molecule has 4 rings (SSSR count). The molecule has 158 valence electrons. The number of sulfone groups is 1. The maximum absolute atomic E-state index is 12.9. The van der Waals surface area contributed by atoms with Crippen molar-refractivity contribution in [2.24, 2.45) is 0 Å². The van der Waals surface area contributed by atoms with Crippen molar-refractivity contribution in [2.75, 3.05) is 11.4 Å². The third-order valence-corrected chi connectivity index (χ3v) is 6.49. The molecule has 2 heterocycles. The molecule has 1 fully saturated rings. The summed E-state index contributed by atoms with van der Waals surface area (Å²) in [7, 11) is -4.95. The van der Waals surface area contributed by atoms with Gasteiger partial charge < -0.3 is 9.32 Å². The molecule has 11 heteroatoms. The first-order valence-corrected chi connectivity index (χ1v) is 10.8. The zero-order valence-electron chi connectivity index (χ0n) is 15.6. The van der Waals surface area contributed by atoms with Gasteiger partial charge in [-0.05, 0) is 43.5 Å². The number of nitro groups is 1. The number of alkyl halides is 2. The van der Waals surface area contributed by atoms with E-state index in [2.05, 4.69) is 4.98 Å².